The second kappa shape index (κ2) is 7.58. The fourth-order valence-electron chi connectivity index (χ4n) is 1.63. The maximum absolute atomic E-state index is 11.6. The van der Waals surface area contributed by atoms with Crippen LogP contribution in [-0.2, 0) is 4.79 Å². The molecule has 0 aliphatic carbocycles. The molecule has 0 fully saturated rings. The van der Waals surface area contributed by atoms with E-state index in [1.54, 1.807) is 0 Å². The molecule has 0 aromatic heterocycles. The summed E-state index contributed by atoms with van der Waals surface area (Å²) in [5, 5.41) is 5.96. The average molecular weight is 250 g/mol. The highest BCUT2D eigenvalue weighted by Gasteiger charge is 2.08. The molecule has 1 aromatic carbocycles. The summed E-state index contributed by atoms with van der Waals surface area (Å²) in [5.74, 6) is 0.634. The molecule has 2 N–H and O–H groups in total. The molecule has 0 saturated carbocycles. The summed E-state index contributed by atoms with van der Waals surface area (Å²) in [6.07, 6.45) is 1.89. The van der Waals surface area contributed by atoms with Gasteiger partial charge in [0.05, 0.1) is 0 Å². The van der Waals surface area contributed by atoms with Crippen molar-refractivity contribution in [2.75, 3.05) is 19.0 Å². The molecule has 1 rings (SSSR count). The maximum atomic E-state index is 11.6. The number of ether oxygens (including phenoxy) is 1. The highest BCUT2D eigenvalue weighted by atomic mass is 16.5. The molecule has 0 heterocycles. The number of amides is 1. The molecule has 0 unspecified atom stereocenters. The summed E-state index contributed by atoms with van der Waals surface area (Å²) in [6, 6.07) is 7.75. The summed E-state index contributed by atoms with van der Waals surface area (Å²) in [4.78, 5) is 11.6. The Morgan fingerprint density at radius 2 is 1.83 bits per heavy atom. The maximum Gasteiger partial charge on any atom is 0.258 e. The minimum atomic E-state index is -0.0682. The van der Waals surface area contributed by atoms with E-state index in [1.807, 2.05) is 31.3 Å². The number of anilines is 1. The number of benzene rings is 1. The van der Waals surface area contributed by atoms with Crippen LogP contribution < -0.4 is 15.4 Å². The van der Waals surface area contributed by atoms with Gasteiger partial charge < -0.3 is 15.4 Å². The number of carbonyl (C=O) groups is 1. The topological polar surface area (TPSA) is 50.4 Å². The molecule has 1 amide bonds. The zero-order valence-corrected chi connectivity index (χ0v) is 11.3. The highest BCUT2D eigenvalue weighted by molar-refractivity contribution is 5.77. The Kier molecular flexibility index (Phi) is 6.05. The molecule has 0 spiro atoms. The van der Waals surface area contributed by atoms with Gasteiger partial charge in [-0.2, -0.15) is 0 Å². The fourth-order valence-corrected chi connectivity index (χ4v) is 1.63. The van der Waals surface area contributed by atoms with Gasteiger partial charge in [-0.3, -0.25) is 4.79 Å². The number of nitrogens with one attached hydrogen (secondary N) is 2. The van der Waals surface area contributed by atoms with Crippen LogP contribution in [0.2, 0.25) is 0 Å². The highest BCUT2D eigenvalue weighted by Crippen LogP contribution is 2.14. The van der Waals surface area contributed by atoms with Crippen molar-refractivity contribution < 1.29 is 9.53 Å². The van der Waals surface area contributed by atoms with Crippen molar-refractivity contribution in [1.82, 2.24) is 5.32 Å². The lowest BCUT2D eigenvalue weighted by Gasteiger charge is -2.15. The SMILES string of the molecule is CCC(CC)NC(=O)COc1ccc(NC)cc1. The van der Waals surface area contributed by atoms with Crippen molar-refractivity contribution in [3.8, 4) is 5.75 Å². The average Bonchev–Trinajstić information content (AvgIpc) is 2.43. The Labute approximate surface area is 109 Å². The Morgan fingerprint density at radius 1 is 1.22 bits per heavy atom. The second-order valence-corrected chi connectivity index (χ2v) is 4.14. The van der Waals surface area contributed by atoms with Crippen LogP contribution in [0.1, 0.15) is 26.7 Å². The van der Waals surface area contributed by atoms with Gasteiger partial charge in [0.1, 0.15) is 5.75 Å². The van der Waals surface area contributed by atoms with Crippen LogP contribution in [0.3, 0.4) is 0 Å². The lowest BCUT2D eigenvalue weighted by Crippen LogP contribution is -2.37. The van der Waals surface area contributed by atoms with E-state index in [1.165, 1.54) is 0 Å². The van der Waals surface area contributed by atoms with Gasteiger partial charge in [0.25, 0.3) is 5.91 Å². The molecule has 0 aliphatic rings. The second-order valence-electron chi connectivity index (χ2n) is 4.14. The van der Waals surface area contributed by atoms with Crippen molar-refractivity contribution in [1.29, 1.82) is 0 Å². The molecule has 0 saturated heterocycles. The van der Waals surface area contributed by atoms with E-state index in [2.05, 4.69) is 24.5 Å². The van der Waals surface area contributed by atoms with E-state index in [-0.39, 0.29) is 18.6 Å². The van der Waals surface area contributed by atoms with Crippen LogP contribution in [-0.4, -0.2) is 25.6 Å². The standard InChI is InChI=1S/C14H22N2O2/c1-4-11(5-2)16-14(17)10-18-13-8-6-12(15-3)7-9-13/h6-9,11,15H,4-5,10H2,1-3H3,(H,16,17). The van der Waals surface area contributed by atoms with E-state index >= 15 is 0 Å². The van der Waals surface area contributed by atoms with Crippen LogP contribution in [0.15, 0.2) is 24.3 Å². The van der Waals surface area contributed by atoms with Crippen LogP contribution in [0.4, 0.5) is 5.69 Å². The van der Waals surface area contributed by atoms with Crippen molar-refractivity contribution in [2.45, 2.75) is 32.7 Å². The molecule has 1 aromatic rings. The summed E-state index contributed by atoms with van der Waals surface area (Å²) in [5.41, 5.74) is 1.02. The van der Waals surface area contributed by atoms with Gasteiger partial charge in [-0.05, 0) is 37.1 Å². The third-order valence-corrected chi connectivity index (χ3v) is 2.86. The molecule has 4 heteroatoms. The van der Waals surface area contributed by atoms with Gasteiger partial charge in [-0.15, -0.1) is 0 Å². The van der Waals surface area contributed by atoms with E-state index in [0.29, 0.717) is 5.75 Å². The Bertz CT molecular complexity index is 359. The van der Waals surface area contributed by atoms with E-state index in [0.717, 1.165) is 18.5 Å². The minimum absolute atomic E-state index is 0.0649. The van der Waals surface area contributed by atoms with Gasteiger partial charge >= 0.3 is 0 Å². The Balaban J connectivity index is 2.37. The number of hydrogen-bond donors (Lipinski definition) is 2. The van der Waals surface area contributed by atoms with Crippen molar-refractivity contribution in [3.05, 3.63) is 24.3 Å². The first-order chi connectivity index (χ1) is 8.69. The molecule has 0 atom stereocenters. The lowest BCUT2D eigenvalue weighted by molar-refractivity contribution is -0.123. The monoisotopic (exact) mass is 250 g/mol. The molecule has 100 valence electrons. The minimum Gasteiger partial charge on any atom is -0.484 e. The first-order valence-corrected chi connectivity index (χ1v) is 6.39. The summed E-state index contributed by atoms with van der Waals surface area (Å²) < 4.78 is 5.42. The lowest BCUT2D eigenvalue weighted by atomic mass is 10.2. The third kappa shape index (κ3) is 4.65. The molecule has 0 aliphatic heterocycles. The van der Waals surface area contributed by atoms with Crippen molar-refractivity contribution in [3.63, 3.8) is 0 Å². The number of hydrogen-bond acceptors (Lipinski definition) is 3. The van der Waals surface area contributed by atoms with E-state index < -0.39 is 0 Å². The van der Waals surface area contributed by atoms with Crippen molar-refractivity contribution >= 4 is 11.6 Å². The Hall–Kier alpha value is -1.71. The zero-order chi connectivity index (χ0) is 13.4. The quantitative estimate of drug-likeness (QED) is 0.781. The van der Waals surface area contributed by atoms with Crippen molar-refractivity contribution in [2.24, 2.45) is 0 Å². The molecule has 0 radical (unpaired) electrons. The molecule has 4 nitrogen and oxygen atoms in total. The van der Waals surface area contributed by atoms with Gasteiger partial charge in [0, 0.05) is 18.8 Å². The normalized spacial score (nSPS) is 10.2. The number of carbonyl (C=O) groups excluding carboxylic acids is 1. The largest absolute Gasteiger partial charge is 0.484 e. The van der Waals surface area contributed by atoms with Gasteiger partial charge in [-0.25, -0.2) is 0 Å². The summed E-state index contributed by atoms with van der Waals surface area (Å²) in [7, 11) is 1.86. The molecular formula is C14H22N2O2. The zero-order valence-electron chi connectivity index (χ0n) is 11.3. The Morgan fingerprint density at radius 3 is 2.33 bits per heavy atom. The van der Waals surface area contributed by atoms with E-state index in [9.17, 15) is 4.79 Å². The van der Waals surface area contributed by atoms with Gasteiger partial charge in [0.2, 0.25) is 0 Å². The van der Waals surface area contributed by atoms with Crippen LogP contribution in [0.5, 0.6) is 5.75 Å². The number of rotatable bonds is 7. The first kappa shape index (κ1) is 14.4. The molecular weight excluding hydrogens is 228 g/mol. The van der Waals surface area contributed by atoms with E-state index in [4.69, 9.17) is 4.74 Å². The predicted molar refractivity (Wildman–Crippen MR) is 74.0 cm³/mol. The van der Waals surface area contributed by atoms with Crippen LogP contribution in [0, 0.1) is 0 Å². The van der Waals surface area contributed by atoms with Gasteiger partial charge in [0.15, 0.2) is 6.61 Å². The van der Waals surface area contributed by atoms with Crippen LogP contribution >= 0.6 is 0 Å². The van der Waals surface area contributed by atoms with Crippen LogP contribution in [0.25, 0.3) is 0 Å². The molecule has 18 heavy (non-hydrogen) atoms. The smallest absolute Gasteiger partial charge is 0.258 e. The van der Waals surface area contributed by atoms with Gasteiger partial charge in [-0.1, -0.05) is 13.8 Å². The molecule has 0 bridgehead atoms. The fraction of sp³-hybridized carbons (Fsp3) is 0.500. The third-order valence-electron chi connectivity index (χ3n) is 2.86. The summed E-state index contributed by atoms with van der Waals surface area (Å²) in [6.45, 7) is 4.19. The predicted octanol–water partition coefficient (Wildman–Crippen LogP) is 2.41. The summed E-state index contributed by atoms with van der Waals surface area (Å²) >= 11 is 0. The first-order valence-electron chi connectivity index (χ1n) is 6.39.